The van der Waals surface area contributed by atoms with Crippen molar-refractivity contribution in [3.8, 4) is 5.69 Å². The molecule has 2 N–H and O–H groups in total. The second-order valence-corrected chi connectivity index (χ2v) is 4.57. The number of nitrogens with two attached hydrogens (primary N) is 1. The Hall–Kier alpha value is -1.77. The largest absolute Gasteiger partial charge is 0.384 e. The maximum absolute atomic E-state index is 6.00. The van der Waals surface area contributed by atoms with E-state index in [-0.39, 0.29) is 0 Å². The van der Waals surface area contributed by atoms with E-state index in [1.54, 1.807) is 0 Å². The number of benzene rings is 1. The van der Waals surface area contributed by atoms with Crippen LogP contribution in [0.15, 0.2) is 24.3 Å². The molecule has 0 aliphatic carbocycles. The average molecular weight is 229 g/mol. The molecule has 2 aromatic rings. The normalized spacial score (nSPS) is 10.8. The van der Waals surface area contributed by atoms with Crippen LogP contribution in [-0.2, 0) is 6.42 Å². The van der Waals surface area contributed by atoms with Crippen molar-refractivity contribution in [1.29, 1.82) is 0 Å². The zero-order valence-corrected chi connectivity index (χ0v) is 10.7. The highest BCUT2D eigenvalue weighted by molar-refractivity contribution is 5.46. The Bertz CT molecular complexity index is 506. The minimum absolute atomic E-state index is 0.707. The molecular weight excluding hydrogens is 210 g/mol. The Morgan fingerprint density at radius 3 is 2.35 bits per heavy atom. The minimum atomic E-state index is 0.707. The van der Waals surface area contributed by atoms with Crippen LogP contribution in [0.5, 0.6) is 0 Å². The van der Waals surface area contributed by atoms with Crippen LogP contribution in [0.25, 0.3) is 5.69 Å². The molecule has 0 atom stereocenters. The maximum Gasteiger partial charge on any atom is 0.127 e. The molecule has 1 aromatic heterocycles. The lowest BCUT2D eigenvalue weighted by molar-refractivity contribution is 0.810. The Morgan fingerprint density at radius 1 is 1.12 bits per heavy atom. The number of rotatable bonds is 3. The molecule has 0 aliphatic heterocycles. The van der Waals surface area contributed by atoms with Gasteiger partial charge in [-0.15, -0.1) is 0 Å². The molecule has 0 aliphatic rings. The zero-order chi connectivity index (χ0) is 12.4. The summed E-state index contributed by atoms with van der Waals surface area (Å²) in [5.74, 6) is 0.707. The standard InChI is InChI=1S/C14H19N3/c1-4-5-12-9-14(15)17(16-12)13-7-10(2)6-11(3)8-13/h6-9H,4-5,15H2,1-3H3. The number of hydrogen-bond donors (Lipinski definition) is 1. The Labute approximate surface area is 102 Å². The van der Waals surface area contributed by atoms with Crippen LogP contribution in [0, 0.1) is 13.8 Å². The van der Waals surface area contributed by atoms with Crippen molar-refractivity contribution < 1.29 is 0 Å². The summed E-state index contributed by atoms with van der Waals surface area (Å²) >= 11 is 0. The van der Waals surface area contributed by atoms with E-state index < -0.39 is 0 Å². The van der Waals surface area contributed by atoms with E-state index in [9.17, 15) is 0 Å². The predicted octanol–water partition coefficient (Wildman–Crippen LogP) is 3.02. The lowest BCUT2D eigenvalue weighted by Crippen LogP contribution is -2.02. The van der Waals surface area contributed by atoms with Gasteiger partial charge in [-0.2, -0.15) is 5.10 Å². The van der Waals surface area contributed by atoms with Gasteiger partial charge in [-0.1, -0.05) is 19.4 Å². The first-order valence-corrected chi connectivity index (χ1v) is 6.03. The number of aryl methyl sites for hydroxylation is 3. The SMILES string of the molecule is CCCc1cc(N)n(-c2cc(C)cc(C)c2)n1. The van der Waals surface area contributed by atoms with Gasteiger partial charge in [0, 0.05) is 6.07 Å². The van der Waals surface area contributed by atoms with Gasteiger partial charge < -0.3 is 5.73 Å². The lowest BCUT2D eigenvalue weighted by atomic mass is 10.1. The van der Waals surface area contributed by atoms with Crippen LogP contribution in [0.2, 0.25) is 0 Å². The fourth-order valence-corrected chi connectivity index (χ4v) is 2.10. The smallest absolute Gasteiger partial charge is 0.127 e. The fraction of sp³-hybridized carbons (Fsp3) is 0.357. The maximum atomic E-state index is 6.00. The van der Waals surface area contributed by atoms with Crippen LogP contribution in [-0.4, -0.2) is 9.78 Å². The lowest BCUT2D eigenvalue weighted by Gasteiger charge is -2.06. The highest BCUT2D eigenvalue weighted by Crippen LogP contribution is 2.18. The van der Waals surface area contributed by atoms with Gasteiger partial charge in [0.2, 0.25) is 0 Å². The summed E-state index contributed by atoms with van der Waals surface area (Å²) in [7, 11) is 0. The van der Waals surface area contributed by atoms with E-state index >= 15 is 0 Å². The Kier molecular flexibility index (Phi) is 3.18. The second kappa shape index (κ2) is 4.62. The molecule has 0 amide bonds. The highest BCUT2D eigenvalue weighted by Gasteiger charge is 2.07. The quantitative estimate of drug-likeness (QED) is 0.879. The van der Waals surface area contributed by atoms with E-state index in [1.807, 2.05) is 10.7 Å². The molecule has 17 heavy (non-hydrogen) atoms. The first kappa shape index (κ1) is 11.7. The van der Waals surface area contributed by atoms with E-state index in [2.05, 4.69) is 44.1 Å². The number of aromatic nitrogens is 2. The molecule has 0 bridgehead atoms. The highest BCUT2D eigenvalue weighted by atomic mass is 15.3. The van der Waals surface area contributed by atoms with Crippen molar-refractivity contribution in [2.45, 2.75) is 33.6 Å². The molecule has 90 valence electrons. The van der Waals surface area contributed by atoms with Crippen LogP contribution < -0.4 is 5.73 Å². The van der Waals surface area contributed by atoms with Crippen molar-refractivity contribution in [2.75, 3.05) is 5.73 Å². The molecule has 0 fully saturated rings. The fourth-order valence-electron chi connectivity index (χ4n) is 2.10. The van der Waals surface area contributed by atoms with E-state index in [0.29, 0.717) is 5.82 Å². The number of nitrogens with zero attached hydrogens (tertiary/aromatic N) is 2. The first-order chi connectivity index (χ1) is 8.10. The minimum Gasteiger partial charge on any atom is -0.384 e. The van der Waals surface area contributed by atoms with Crippen molar-refractivity contribution in [3.05, 3.63) is 41.1 Å². The molecule has 0 unspecified atom stereocenters. The summed E-state index contributed by atoms with van der Waals surface area (Å²) in [6.07, 6.45) is 2.06. The monoisotopic (exact) mass is 229 g/mol. The third-order valence-electron chi connectivity index (χ3n) is 2.74. The zero-order valence-electron chi connectivity index (χ0n) is 10.7. The summed E-state index contributed by atoms with van der Waals surface area (Å²) < 4.78 is 1.82. The van der Waals surface area contributed by atoms with Gasteiger partial charge in [-0.05, 0) is 43.5 Å². The average Bonchev–Trinajstić information content (AvgIpc) is 2.58. The van der Waals surface area contributed by atoms with Gasteiger partial charge in [-0.3, -0.25) is 0 Å². The molecule has 3 heteroatoms. The van der Waals surface area contributed by atoms with Crippen molar-refractivity contribution in [2.24, 2.45) is 0 Å². The van der Waals surface area contributed by atoms with Gasteiger partial charge in [0.05, 0.1) is 11.4 Å². The molecule has 2 rings (SSSR count). The molecule has 1 aromatic carbocycles. The Balaban J connectivity index is 2.44. The Morgan fingerprint density at radius 2 is 1.76 bits per heavy atom. The number of anilines is 1. The van der Waals surface area contributed by atoms with Crippen molar-refractivity contribution in [3.63, 3.8) is 0 Å². The molecule has 0 spiro atoms. The molecule has 0 saturated heterocycles. The summed E-state index contributed by atoms with van der Waals surface area (Å²) in [5.41, 5.74) is 10.6. The van der Waals surface area contributed by atoms with E-state index in [1.165, 1.54) is 11.1 Å². The number of hydrogen-bond acceptors (Lipinski definition) is 2. The van der Waals surface area contributed by atoms with Crippen LogP contribution in [0.1, 0.15) is 30.2 Å². The van der Waals surface area contributed by atoms with Gasteiger partial charge in [0.25, 0.3) is 0 Å². The third kappa shape index (κ3) is 2.49. The van der Waals surface area contributed by atoms with Gasteiger partial charge in [0.1, 0.15) is 5.82 Å². The van der Waals surface area contributed by atoms with E-state index in [0.717, 1.165) is 24.2 Å². The van der Waals surface area contributed by atoms with E-state index in [4.69, 9.17) is 5.73 Å². The summed E-state index contributed by atoms with van der Waals surface area (Å²) in [6.45, 7) is 6.32. The first-order valence-electron chi connectivity index (χ1n) is 6.03. The van der Waals surface area contributed by atoms with Gasteiger partial charge in [-0.25, -0.2) is 4.68 Å². The molecule has 3 nitrogen and oxygen atoms in total. The number of nitrogen functional groups attached to an aromatic ring is 1. The van der Waals surface area contributed by atoms with Crippen molar-refractivity contribution >= 4 is 5.82 Å². The third-order valence-corrected chi connectivity index (χ3v) is 2.74. The molecule has 0 radical (unpaired) electrons. The van der Waals surface area contributed by atoms with Gasteiger partial charge >= 0.3 is 0 Å². The summed E-state index contributed by atoms with van der Waals surface area (Å²) in [6, 6.07) is 8.31. The molecule has 0 saturated carbocycles. The second-order valence-electron chi connectivity index (χ2n) is 4.57. The molecule has 1 heterocycles. The summed E-state index contributed by atoms with van der Waals surface area (Å²) in [5, 5.41) is 4.54. The van der Waals surface area contributed by atoms with Crippen LogP contribution in [0.3, 0.4) is 0 Å². The topological polar surface area (TPSA) is 43.8 Å². The molecular formula is C14H19N3. The van der Waals surface area contributed by atoms with Gasteiger partial charge in [0.15, 0.2) is 0 Å². The van der Waals surface area contributed by atoms with Crippen molar-refractivity contribution in [1.82, 2.24) is 9.78 Å². The van der Waals surface area contributed by atoms with Crippen LogP contribution >= 0.6 is 0 Å². The predicted molar refractivity (Wildman–Crippen MR) is 71.4 cm³/mol. The van der Waals surface area contributed by atoms with Crippen LogP contribution in [0.4, 0.5) is 5.82 Å². The summed E-state index contributed by atoms with van der Waals surface area (Å²) in [4.78, 5) is 0.